The third kappa shape index (κ3) is 3.98. The maximum atomic E-state index is 13.1. The zero-order chi connectivity index (χ0) is 17.9. The number of nitrogens with zero attached hydrogens (tertiary/aromatic N) is 2. The summed E-state index contributed by atoms with van der Waals surface area (Å²) in [4.78, 5) is 12.0. The number of carbonyl (C=O) groups excluding carboxylic acids is 1. The molecule has 2 aromatic rings. The number of anilines is 1. The van der Waals surface area contributed by atoms with Gasteiger partial charge in [-0.1, -0.05) is 0 Å². The van der Waals surface area contributed by atoms with Crippen molar-refractivity contribution in [3.05, 3.63) is 41.7 Å². The van der Waals surface area contributed by atoms with Gasteiger partial charge in [-0.2, -0.15) is 18.3 Å². The third-order valence-corrected chi connectivity index (χ3v) is 3.21. The average Bonchev–Trinajstić information content (AvgIpc) is 3.02. The number of amides is 1. The number of aromatic nitrogens is 2. The molecule has 0 saturated carbocycles. The van der Waals surface area contributed by atoms with E-state index in [4.69, 9.17) is 4.74 Å². The molecule has 24 heavy (non-hydrogen) atoms. The van der Waals surface area contributed by atoms with Crippen LogP contribution in [0.15, 0.2) is 30.5 Å². The van der Waals surface area contributed by atoms with Gasteiger partial charge in [-0.15, -0.1) is 0 Å². The minimum Gasteiger partial charge on any atom is -0.497 e. The van der Waals surface area contributed by atoms with E-state index < -0.39 is 17.6 Å². The second kappa shape index (κ2) is 6.81. The van der Waals surface area contributed by atoms with Gasteiger partial charge in [-0.3, -0.25) is 20.3 Å². The Kier molecular flexibility index (Phi) is 5.01. The predicted molar refractivity (Wildman–Crippen MR) is 81.7 cm³/mol. The molecular weight excluding hydrogens is 325 g/mol. The van der Waals surface area contributed by atoms with E-state index in [1.54, 1.807) is 10.9 Å². The smallest absolute Gasteiger partial charge is 0.418 e. The number of rotatable bonds is 5. The van der Waals surface area contributed by atoms with Crippen molar-refractivity contribution in [1.29, 1.82) is 0 Å². The lowest BCUT2D eigenvalue weighted by molar-refractivity contribution is -0.137. The number of hydrogen-bond donors (Lipinski definition) is 2. The van der Waals surface area contributed by atoms with Crippen molar-refractivity contribution in [2.75, 3.05) is 12.5 Å². The molecule has 0 spiro atoms. The molecule has 130 valence electrons. The van der Waals surface area contributed by atoms with E-state index in [0.29, 0.717) is 0 Å². The van der Waals surface area contributed by atoms with Gasteiger partial charge < -0.3 is 4.74 Å². The molecular formula is C15H17F3N4O2. The maximum absolute atomic E-state index is 13.1. The molecule has 9 heteroatoms. The van der Waals surface area contributed by atoms with Crippen LogP contribution < -0.4 is 15.6 Å². The van der Waals surface area contributed by atoms with Gasteiger partial charge >= 0.3 is 6.18 Å². The molecule has 0 atom stereocenters. The van der Waals surface area contributed by atoms with Crippen molar-refractivity contribution in [2.45, 2.75) is 26.1 Å². The summed E-state index contributed by atoms with van der Waals surface area (Å²) in [5, 5.41) is 4.04. The highest BCUT2D eigenvalue weighted by atomic mass is 19.4. The van der Waals surface area contributed by atoms with Crippen LogP contribution in [0.5, 0.6) is 5.75 Å². The SMILES string of the molecule is COc1ccc(NNC(=O)c2ccn(C(C)C)n2)c(C(F)(F)F)c1. The fourth-order valence-electron chi connectivity index (χ4n) is 1.93. The van der Waals surface area contributed by atoms with E-state index in [1.165, 1.54) is 25.3 Å². The number of hydrogen-bond acceptors (Lipinski definition) is 4. The highest BCUT2D eigenvalue weighted by Gasteiger charge is 2.34. The molecule has 1 amide bonds. The van der Waals surface area contributed by atoms with Gasteiger partial charge in [0.1, 0.15) is 5.75 Å². The summed E-state index contributed by atoms with van der Waals surface area (Å²) in [6.07, 6.45) is -2.98. The minimum absolute atomic E-state index is 0.0647. The molecule has 0 aliphatic rings. The third-order valence-electron chi connectivity index (χ3n) is 3.21. The van der Waals surface area contributed by atoms with Gasteiger partial charge in [0, 0.05) is 12.2 Å². The van der Waals surface area contributed by atoms with Crippen LogP contribution in [0.4, 0.5) is 18.9 Å². The second-order valence-corrected chi connectivity index (χ2v) is 5.26. The second-order valence-electron chi connectivity index (χ2n) is 5.26. The molecule has 2 rings (SSSR count). The summed E-state index contributed by atoms with van der Waals surface area (Å²) in [6.45, 7) is 3.78. The number of nitrogens with one attached hydrogen (secondary N) is 2. The van der Waals surface area contributed by atoms with Crippen molar-refractivity contribution >= 4 is 11.6 Å². The van der Waals surface area contributed by atoms with E-state index in [1.807, 2.05) is 13.8 Å². The lowest BCUT2D eigenvalue weighted by Crippen LogP contribution is -2.31. The highest BCUT2D eigenvalue weighted by molar-refractivity contribution is 5.93. The Balaban J connectivity index is 2.14. The number of methoxy groups -OCH3 is 1. The monoisotopic (exact) mass is 342 g/mol. The normalized spacial score (nSPS) is 11.5. The zero-order valence-electron chi connectivity index (χ0n) is 13.3. The number of alkyl halides is 3. The van der Waals surface area contributed by atoms with Crippen molar-refractivity contribution < 1.29 is 22.7 Å². The first kappa shape index (κ1) is 17.6. The molecule has 0 unspecified atom stereocenters. The first-order chi connectivity index (χ1) is 11.2. The molecule has 2 N–H and O–H groups in total. The molecule has 1 aromatic heterocycles. The van der Waals surface area contributed by atoms with E-state index in [9.17, 15) is 18.0 Å². The molecule has 6 nitrogen and oxygen atoms in total. The van der Waals surface area contributed by atoms with Gasteiger partial charge in [0.25, 0.3) is 5.91 Å². The lowest BCUT2D eigenvalue weighted by Gasteiger charge is -2.16. The van der Waals surface area contributed by atoms with Gasteiger partial charge in [0.2, 0.25) is 0 Å². The fourth-order valence-corrected chi connectivity index (χ4v) is 1.93. The predicted octanol–water partition coefficient (Wildman–Crippen LogP) is 3.25. The van der Waals surface area contributed by atoms with Crippen LogP contribution in [-0.4, -0.2) is 22.8 Å². The Hall–Kier alpha value is -2.71. The number of hydrazine groups is 1. The van der Waals surface area contributed by atoms with E-state index in [-0.39, 0.29) is 23.2 Å². The summed E-state index contributed by atoms with van der Waals surface area (Å²) >= 11 is 0. The Morgan fingerprint density at radius 1 is 1.29 bits per heavy atom. The summed E-state index contributed by atoms with van der Waals surface area (Å²) in [6, 6.07) is 4.93. The van der Waals surface area contributed by atoms with E-state index >= 15 is 0 Å². The van der Waals surface area contributed by atoms with Gasteiger partial charge in [-0.25, -0.2) is 0 Å². The lowest BCUT2D eigenvalue weighted by atomic mass is 10.1. The summed E-state index contributed by atoms with van der Waals surface area (Å²) < 4.78 is 45.6. The van der Waals surface area contributed by atoms with Crippen molar-refractivity contribution in [3.8, 4) is 5.75 Å². The summed E-state index contributed by atoms with van der Waals surface area (Å²) in [7, 11) is 1.27. The largest absolute Gasteiger partial charge is 0.497 e. The maximum Gasteiger partial charge on any atom is 0.418 e. The topological polar surface area (TPSA) is 68.2 Å². The first-order valence-corrected chi connectivity index (χ1v) is 7.09. The van der Waals surface area contributed by atoms with Crippen LogP contribution in [0.25, 0.3) is 0 Å². The molecule has 0 fully saturated rings. The number of halogens is 3. The Bertz CT molecular complexity index is 726. The fraction of sp³-hybridized carbons (Fsp3) is 0.333. The number of carbonyl (C=O) groups is 1. The van der Waals surface area contributed by atoms with Crippen LogP contribution >= 0.6 is 0 Å². The summed E-state index contributed by atoms with van der Waals surface area (Å²) in [5.74, 6) is -0.576. The molecule has 0 bridgehead atoms. The molecule has 0 radical (unpaired) electrons. The Morgan fingerprint density at radius 3 is 2.54 bits per heavy atom. The zero-order valence-corrected chi connectivity index (χ0v) is 13.3. The standard InChI is InChI=1S/C15H17F3N4O2/c1-9(2)22-7-6-13(21-22)14(23)20-19-12-5-4-10(24-3)8-11(12)15(16,17)18/h4-9,19H,1-3H3,(H,20,23). The van der Waals surface area contributed by atoms with Crippen molar-refractivity contribution in [3.63, 3.8) is 0 Å². The van der Waals surface area contributed by atoms with Gasteiger partial charge in [0.15, 0.2) is 5.69 Å². The highest BCUT2D eigenvalue weighted by Crippen LogP contribution is 2.36. The molecule has 0 saturated heterocycles. The quantitative estimate of drug-likeness (QED) is 0.819. The van der Waals surface area contributed by atoms with Crippen LogP contribution in [-0.2, 0) is 6.18 Å². The molecule has 1 aromatic carbocycles. The number of benzene rings is 1. The van der Waals surface area contributed by atoms with E-state index in [0.717, 1.165) is 6.07 Å². The van der Waals surface area contributed by atoms with Crippen LogP contribution in [0.2, 0.25) is 0 Å². The van der Waals surface area contributed by atoms with Crippen molar-refractivity contribution in [2.24, 2.45) is 0 Å². The van der Waals surface area contributed by atoms with Crippen LogP contribution in [0.1, 0.15) is 35.9 Å². The molecule has 1 heterocycles. The van der Waals surface area contributed by atoms with E-state index in [2.05, 4.69) is 16.0 Å². The average molecular weight is 342 g/mol. The molecule has 0 aliphatic carbocycles. The van der Waals surface area contributed by atoms with Crippen molar-refractivity contribution in [1.82, 2.24) is 15.2 Å². The van der Waals surface area contributed by atoms with Gasteiger partial charge in [-0.05, 0) is 38.1 Å². The minimum atomic E-state index is -4.60. The Labute approximate surface area is 136 Å². The molecule has 0 aliphatic heterocycles. The summed E-state index contributed by atoms with van der Waals surface area (Å²) in [5.41, 5.74) is 3.35. The number of ether oxygens (including phenoxy) is 1. The first-order valence-electron chi connectivity index (χ1n) is 7.09. The van der Waals surface area contributed by atoms with Crippen LogP contribution in [0.3, 0.4) is 0 Å². The van der Waals surface area contributed by atoms with Crippen LogP contribution in [0, 0.1) is 0 Å². The van der Waals surface area contributed by atoms with Gasteiger partial charge in [0.05, 0.1) is 18.4 Å². The Morgan fingerprint density at radius 2 is 2.00 bits per heavy atom.